The van der Waals surface area contributed by atoms with Crippen molar-refractivity contribution in [2.24, 2.45) is 0 Å². The Labute approximate surface area is 145 Å². The lowest BCUT2D eigenvalue weighted by molar-refractivity contribution is -0.119. The third kappa shape index (κ3) is 3.55. The smallest absolute Gasteiger partial charge is 0.375 e. The van der Waals surface area contributed by atoms with E-state index < -0.39 is 11.9 Å². The summed E-state index contributed by atoms with van der Waals surface area (Å²) in [5.74, 6) is -0.918. The Morgan fingerprint density at radius 1 is 1.08 bits per heavy atom. The van der Waals surface area contributed by atoms with E-state index in [-0.39, 0.29) is 12.4 Å². The van der Waals surface area contributed by atoms with Crippen molar-refractivity contribution in [2.45, 2.75) is 20.8 Å². The number of carbonyl (C=O) groups is 2. The van der Waals surface area contributed by atoms with Crippen LogP contribution in [-0.2, 0) is 9.53 Å². The summed E-state index contributed by atoms with van der Waals surface area (Å²) in [4.78, 5) is 24.2. The molecule has 0 aliphatic carbocycles. The summed E-state index contributed by atoms with van der Waals surface area (Å²) in [6, 6.07) is 13.1. The number of hydrogen-bond donors (Lipinski definition) is 1. The van der Waals surface area contributed by atoms with Crippen molar-refractivity contribution in [1.29, 1.82) is 0 Å². The quantitative estimate of drug-likeness (QED) is 0.726. The Morgan fingerprint density at radius 2 is 1.84 bits per heavy atom. The number of anilines is 1. The first-order valence-corrected chi connectivity index (χ1v) is 7.98. The molecule has 25 heavy (non-hydrogen) atoms. The highest BCUT2D eigenvalue weighted by Gasteiger charge is 2.19. The molecule has 0 aliphatic rings. The number of amides is 1. The highest BCUT2D eigenvalue weighted by atomic mass is 16.5. The number of furan rings is 1. The van der Waals surface area contributed by atoms with Gasteiger partial charge in [-0.25, -0.2) is 4.79 Å². The molecule has 2 aromatic carbocycles. The fraction of sp³-hybridized carbons (Fsp3) is 0.200. The molecule has 0 bridgehead atoms. The number of ether oxygens (including phenoxy) is 1. The predicted molar refractivity (Wildman–Crippen MR) is 95.8 cm³/mol. The van der Waals surface area contributed by atoms with Gasteiger partial charge in [0.1, 0.15) is 5.58 Å². The molecule has 0 fully saturated rings. The lowest BCUT2D eigenvalue weighted by Gasteiger charge is -2.09. The number of benzene rings is 2. The molecule has 0 unspecified atom stereocenters. The number of carbonyl (C=O) groups excluding carboxylic acids is 2. The van der Waals surface area contributed by atoms with Gasteiger partial charge >= 0.3 is 5.97 Å². The zero-order chi connectivity index (χ0) is 18.0. The monoisotopic (exact) mass is 337 g/mol. The maximum Gasteiger partial charge on any atom is 0.375 e. The first-order valence-electron chi connectivity index (χ1n) is 7.98. The lowest BCUT2D eigenvalue weighted by Crippen LogP contribution is -2.21. The Morgan fingerprint density at radius 3 is 2.56 bits per heavy atom. The third-order valence-electron chi connectivity index (χ3n) is 4.02. The van der Waals surface area contributed by atoms with Crippen LogP contribution in [-0.4, -0.2) is 18.5 Å². The molecule has 0 saturated carbocycles. The molecule has 128 valence electrons. The normalized spacial score (nSPS) is 10.7. The van der Waals surface area contributed by atoms with Crippen LogP contribution in [0.25, 0.3) is 11.0 Å². The van der Waals surface area contributed by atoms with Crippen molar-refractivity contribution >= 4 is 28.5 Å². The van der Waals surface area contributed by atoms with Crippen LogP contribution in [0.2, 0.25) is 0 Å². The molecule has 0 aliphatic heterocycles. The minimum Gasteiger partial charge on any atom is -0.450 e. The van der Waals surface area contributed by atoms with Crippen molar-refractivity contribution in [2.75, 3.05) is 11.9 Å². The average molecular weight is 337 g/mol. The van der Waals surface area contributed by atoms with E-state index in [1.807, 2.05) is 50.2 Å². The van der Waals surface area contributed by atoms with Crippen molar-refractivity contribution in [3.05, 3.63) is 64.9 Å². The van der Waals surface area contributed by atoms with E-state index in [0.717, 1.165) is 16.5 Å². The Kier molecular flexibility index (Phi) is 4.57. The summed E-state index contributed by atoms with van der Waals surface area (Å²) in [6.07, 6.45) is 0. The van der Waals surface area contributed by atoms with Gasteiger partial charge in [0.05, 0.1) is 0 Å². The molecule has 0 saturated heterocycles. The van der Waals surface area contributed by atoms with E-state index in [2.05, 4.69) is 5.32 Å². The summed E-state index contributed by atoms with van der Waals surface area (Å²) in [5, 5.41) is 3.59. The van der Waals surface area contributed by atoms with Gasteiger partial charge in [0.2, 0.25) is 5.76 Å². The van der Waals surface area contributed by atoms with Crippen molar-refractivity contribution in [3.8, 4) is 0 Å². The van der Waals surface area contributed by atoms with E-state index in [4.69, 9.17) is 9.15 Å². The van der Waals surface area contributed by atoms with Gasteiger partial charge in [0.15, 0.2) is 6.61 Å². The van der Waals surface area contributed by atoms with Crippen molar-refractivity contribution in [1.82, 2.24) is 0 Å². The molecule has 1 heterocycles. The van der Waals surface area contributed by atoms with Crippen LogP contribution in [0.5, 0.6) is 0 Å². The SMILES string of the molecule is Cc1ccc(NC(=O)COC(=O)c2oc3ccccc3c2C)c(C)c1. The van der Waals surface area contributed by atoms with Crippen LogP contribution in [0, 0.1) is 20.8 Å². The van der Waals surface area contributed by atoms with Gasteiger partial charge in [-0.2, -0.15) is 0 Å². The van der Waals surface area contributed by atoms with E-state index in [1.165, 1.54) is 0 Å². The lowest BCUT2D eigenvalue weighted by atomic mass is 10.1. The highest BCUT2D eigenvalue weighted by Crippen LogP contribution is 2.25. The molecule has 1 amide bonds. The number of para-hydroxylation sites is 1. The van der Waals surface area contributed by atoms with Crippen molar-refractivity contribution < 1.29 is 18.7 Å². The van der Waals surface area contributed by atoms with Gasteiger partial charge in [0, 0.05) is 16.6 Å². The molecule has 1 N–H and O–H groups in total. The minimum atomic E-state index is -0.649. The molecule has 3 rings (SSSR count). The molecule has 0 radical (unpaired) electrons. The predicted octanol–water partition coefficient (Wildman–Crippen LogP) is 4.15. The highest BCUT2D eigenvalue weighted by molar-refractivity contribution is 5.98. The fourth-order valence-corrected chi connectivity index (χ4v) is 2.71. The third-order valence-corrected chi connectivity index (χ3v) is 4.02. The van der Waals surface area contributed by atoms with Gasteiger partial charge < -0.3 is 14.5 Å². The van der Waals surface area contributed by atoms with Crippen LogP contribution >= 0.6 is 0 Å². The van der Waals surface area contributed by atoms with E-state index in [0.29, 0.717) is 16.8 Å². The first kappa shape index (κ1) is 16.8. The number of fused-ring (bicyclic) bond motifs is 1. The number of esters is 1. The second-order valence-electron chi connectivity index (χ2n) is 6.00. The Hall–Kier alpha value is -3.08. The van der Waals surface area contributed by atoms with Gasteiger partial charge in [-0.1, -0.05) is 35.9 Å². The summed E-state index contributed by atoms with van der Waals surface area (Å²) in [6.45, 7) is 5.31. The molecule has 0 spiro atoms. The molecule has 3 aromatic rings. The fourth-order valence-electron chi connectivity index (χ4n) is 2.71. The summed E-state index contributed by atoms with van der Waals surface area (Å²) < 4.78 is 10.6. The van der Waals surface area contributed by atoms with E-state index >= 15 is 0 Å². The summed E-state index contributed by atoms with van der Waals surface area (Å²) in [7, 11) is 0. The van der Waals surface area contributed by atoms with Gasteiger partial charge in [-0.3, -0.25) is 4.79 Å². The Bertz CT molecular complexity index is 955. The largest absolute Gasteiger partial charge is 0.450 e. The first-order chi connectivity index (χ1) is 12.0. The van der Waals surface area contributed by atoms with E-state index in [1.54, 1.807) is 13.0 Å². The van der Waals surface area contributed by atoms with Crippen LogP contribution in [0.3, 0.4) is 0 Å². The van der Waals surface area contributed by atoms with Crippen LogP contribution in [0.1, 0.15) is 27.2 Å². The van der Waals surface area contributed by atoms with Gasteiger partial charge in [0.25, 0.3) is 5.91 Å². The maximum absolute atomic E-state index is 12.2. The number of nitrogens with one attached hydrogen (secondary N) is 1. The number of hydrogen-bond acceptors (Lipinski definition) is 4. The zero-order valence-electron chi connectivity index (χ0n) is 14.4. The molecular formula is C20H19NO4. The number of aryl methyl sites for hydroxylation is 3. The molecule has 1 aromatic heterocycles. The van der Waals surface area contributed by atoms with Crippen LogP contribution in [0.15, 0.2) is 46.9 Å². The standard InChI is InChI=1S/C20H19NO4/c1-12-8-9-16(13(2)10-12)21-18(22)11-24-20(23)19-14(3)15-6-4-5-7-17(15)25-19/h4-10H,11H2,1-3H3,(H,21,22). The second kappa shape index (κ2) is 6.81. The van der Waals surface area contributed by atoms with E-state index in [9.17, 15) is 9.59 Å². The van der Waals surface area contributed by atoms with Gasteiger partial charge in [-0.15, -0.1) is 0 Å². The van der Waals surface area contributed by atoms with Crippen LogP contribution < -0.4 is 5.32 Å². The number of rotatable bonds is 4. The molecular weight excluding hydrogens is 318 g/mol. The summed E-state index contributed by atoms with van der Waals surface area (Å²) in [5.41, 5.74) is 4.09. The maximum atomic E-state index is 12.2. The molecule has 5 nitrogen and oxygen atoms in total. The second-order valence-corrected chi connectivity index (χ2v) is 6.00. The zero-order valence-corrected chi connectivity index (χ0v) is 14.4. The van der Waals surface area contributed by atoms with Gasteiger partial charge in [-0.05, 0) is 38.5 Å². The minimum absolute atomic E-state index is 0.125. The van der Waals surface area contributed by atoms with Crippen LogP contribution in [0.4, 0.5) is 5.69 Å². The molecule has 5 heteroatoms. The van der Waals surface area contributed by atoms with Crippen molar-refractivity contribution in [3.63, 3.8) is 0 Å². The topological polar surface area (TPSA) is 68.5 Å². The summed E-state index contributed by atoms with van der Waals surface area (Å²) >= 11 is 0. The molecule has 0 atom stereocenters. The Balaban J connectivity index is 1.65. The average Bonchev–Trinajstić information content (AvgIpc) is 2.93.